The van der Waals surface area contributed by atoms with Gasteiger partial charge in [-0.2, -0.15) is 0 Å². The number of rotatable bonds is 3. The normalized spacial score (nSPS) is 16.9. The molecule has 0 radical (unpaired) electrons. The van der Waals surface area contributed by atoms with E-state index in [1.165, 1.54) is 18.4 Å². The molecule has 0 unspecified atom stereocenters. The van der Waals surface area contributed by atoms with Crippen LogP contribution in [0.3, 0.4) is 0 Å². The number of hydrogen-bond acceptors (Lipinski definition) is 2. The van der Waals surface area contributed by atoms with Crippen LogP contribution in [0.25, 0.3) is 0 Å². The molecule has 1 aliphatic carbocycles. The van der Waals surface area contributed by atoms with E-state index in [2.05, 4.69) is 11.4 Å². The average Bonchev–Trinajstić information content (AvgIpc) is 2.99. The number of amides is 2. The molecular weight excluding hydrogens is 276 g/mol. The predicted octanol–water partition coefficient (Wildman–Crippen LogP) is 2.58. The summed E-state index contributed by atoms with van der Waals surface area (Å²) in [5, 5.41) is 2.77. The summed E-state index contributed by atoms with van der Waals surface area (Å²) >= 11 is 0. The van der Waals surface area contributed by atoms with Crippen LogP contribution in [0.1, 0.15) is 37.7 Å². The Morgan fingerprint density at radius 2 is 2.00 bits per heavy atom. The third-order valence-electron chi connectivity index (χ3n) is 4.44. The molecule has 1 heterocycles. The first-order valence-electron chi connectivity index (χ1n) is 8.11. The summed E-state index contributed by atoms with van der Waals surface area (Å²) in [6.07, 6.45) is 8.73. The number of anilines is 1. The van der Waals surface area contributed by atoms with Crippen molar-refractivity contribution >= 4 is 17.5 Å². The lowest BCUT2D eigenvalue weighted by molar-refractivity contribution is -0.137. The molecule has 2 amide bonds. The summed E-state index contributed by atoms with van der Waals surface area (Å²) in [5.41, 5.74) is 3.42. The number of fused-ring (bicyclic) bond motifs is 1. The van der Waals surface area contributed by atoms with Gasteiger partial charge in [-0.25, -0.2) is 0 Å². The smallest absolute Gasteiger partial charge is 0.316 e. The lowest BCUT2D eigenvalue weighted by Gasteiger charge is -2.17. The minimum Gasteiger partial charge on any atom is -0.347 e. The maximum Gasteiger partial charge on any atom is 0.316 e. The molecule has 0 fully saturated rings. The van der Waals surface area contributed by atoms with Crippen molar-refractivity contribution < 1.29 is 9.59 Å². The summed E-state index contributed by atoms with van der Waals surface area (Å²) in [7, 11) is 0. The second-order valence-corrected chi connectivity index (χ2v) is 5.95. The summed E-state index contributed by atoms with van der Waals surface area (Å²) in [6.45, 7) is 1.14. The molecule has 116 valence electrons. The fourth-order valence-corrected chi connectivity index (χ4v) is 3.22. The van der Waals surface area contributed by atoms with Gasteiger partial charge in [0.05, 0.1) is 0 Å². The second-order valence-electron chi connectivity index (χ2n) is 5.95. The Labute approximate surface area is 131 Å². The van der Waals surface area contributed by atoms with Crippen molar-refractivity contribution in [2.24, 2.45) is 0 Å². The van der Waals surface area contributed by atoms with Gasteiger partial charge < -0.3 is 10.2 Å². The second kappa shape index (κ2) is 6.77. The van der Waals surface area contributed by atoms with E-state index in [4.69, 9.17) is 0 Å². The fourth-order valence-electron chi connectivity index (χ4n) is 3.22. The largest absolute Gasteiger partial charge is 0.347 e. The van der Waals surface area contributed by atoms with Crippen LogP contribution >= 0.6 is 0 Å². The Kier molecular flexibility index (Phi) is 4.56. The van der Waals surface area contributed by atoms with E-state index >= 15 is 0 Å². The van der Waals surface area contributed by atoms with Crippen LogP contribution in [0.4, 0.5) is 5.69 Å². The Hall–Kier alpha value is -2.10. The number of nitrogens with one attached hydrogen (secondary N) is 1. The Morgan fingerprint density at radius 3 is 2.82 bits per heavy atom. The molecule has 1 N–H and O–H groups in total. The Balaban J connectivity index is 1.52. The number of nitrogens with zero attached hydrogens (tertiary/aromatic N) is 1. The van der Waals surface area contributed by atoms with Gasteiger partial charge in [-0.05, 0) is 50.2 Å². The standard InChI is InChI=1S/C18H22N2O2/c21-17(19-12-10-14-6-2-1-3-7-14)18(22)20-13-11-15-8-4-5-9-16(15)20/h4-6,8-9H,1-3,7,10-13H2,(H,19,21). The number of para-hydroxylation sites is 1. The van der Waals surface area contributed by atoms with E-state index in [9.17, 15) is 9.59 Å². The summed E-state index contributed by atoms with van der Waals surface area (Å²) in [6, 6.07) is 7.78. The molecule has 2 aliphatic rings. The molecule has 1 aromatic rings. The monoisotopic (exact) mass is 298 g/mol. The van der Waals surface area contributed by atoms with Crippen molar-refractivity contribution in [1.29, 1.82) is 0 Å². The van der Waals surface area contributed by atoms with E-state index in [1.54, 1.807) is 4.90 Å². The Bertz CT molecular complexity index is 607. The molecule has 0 spiro atoms. The Morgan fingerprint density at radius 1 is 1.14 bits per heavy atom. The number of carbonyl (C=O) groups excluding carboxylic acids is 2. The third-order valence-corrected chi connectivity index (χ3v) is 4.44. The van der Waals surface area contributed by atoms with Crippen molar-refractivity contribution in [1.82, 2.24) is 5.32 Å². The first-order valence-corrected chi connectivity index (χ1v) is 8.11. The highest BCUT2D eigenvalue weighted by molar-refractivity contribution is 6.40. The molecule has 0 saturated carbocycles. The van der Waals surface area contributed by atoms with Gasteiger partial charge in [0.15, 0.2) is 0 Å². The number of allylic oxidation sites excluding steroid dienone is 1. The minimum atomic E-state index is -0.492. The number of hydrogen-bond donors (Lipinski definition) is 1. The van der Waals surface area contributed by atoms with Crippen LogP contribution in [0.5, 0.6) is 0 Å². The van der Waals surface area contributed by atoms with Crippen molar-refractivity contribution in [3.8, 4) is 0 Å². The lowest BCUT2D eigenvalue weighted by Crippen LogP contribution is -2.42. The maximum absolute atomic E-state index is 12.3. The number of carbonyl (C=O) groups is 2. The van der Waals surface area contributed by atoms with Crippen LogP contribution in [-0.2, 0) is 16.0 Å². The SMILES string of the molecule is O=C(NCCC1=CCCCC1)C(=O)N1CCc2ccccc21. The molecule has 3 rings (SSSR count). The number of benzene rings is 1. The minimum absolute atomic E-state index is 0.442. The predicted molar refractivity (Wildman–Crippen MR) is 86.7 cm³/mol. The maximum atomic E-state index is 12.3. The highest BCUT2D eigenvalue weighted by Gasteiger charge is 2.28. The summed E-state index contributed by atoms with van der Waals surface area (Å²) in [4.78, 5) is 25.9. The van der Waals surface area contributed by atoms with Gasteiger partial charge in [-0.1, -0.05) is 29.8 Å². The molecule has 22 heavy (non-hydrogen) atoms. The molecule has 0 saturated heterocycles. The fraction of sp³-hybridized carbons (Fsp3) is 0.444. The lowest BCUT2D eigenvalue weighted by atomic mass is 9.97. The van der Waals surface area contributed by atoms with Crippen LogP contribution in [0.2, 0.25) is 0 Å². The van der Waals surface area contributed by atoms with Crippen LogP contribution in [-0.4, -0.2) is 24.9 Å². The van der Waals surface area contributed by atoms with Gasteiger partial charge >= 0.3 is 11.8 Å². The molecule has 0 atom stereocenters. The molecule has 4 nitrogen and oxygen atoms in total. The molecular formula is C18H22N2O2. The van der Waals surface area contributed by atoms with Gasteiger partial charge in [-0.3, -0.25) is 9.59 Å². The van der Waals surface area contributed by atoms with E-state index < -0.39 is 11.8 Å². The van der Waals surface area contributed by atoms with E-state index in [1.807, 2.05) is 24.3 Å². The van der Waals surface area contributed by atoms with Crippen molar-refractivity contribution in [3.05, 3.63) is 41.5 Å². The zero-order valence-corrected chi connectivity index (χ0v) is 12.8. The van der Waals surface area contributed by atoms with Gasteiger partial charge in [0.25, 0.3) is 0 Å². The first kappa shape index (κ1) is 14.8. The van der Waals surface area contributed by atoms with Crippen LogP contribution in [0.15, 0.2) is 35.9 Å². The highest BCUT2D eigenvalue weighted by Crippen LogP contribution is 2.27. The summed E-state index contributed by atoms with van der Waals surface area (Å²) in [5.74, 6) is -0.935. The van der Waals surface area contributed by atoms with E-state index in [0.29, 0.717) is 13.1 Å². The zero-order valence-electron chi connectivity index (χ0n) is 12.8. The van der Waals surface area contributed by atoms with Gasteiger partial charge in [-0.15, -0.1) is 0 Å². The first-order chi connectivity index (χ1) is 10.8. The molecule has 1 aromatic carbocycles. The van der Waals surface area contributed by atoms with Crippen molar-refractivity contribution in [3.63, 3.8) is 0 Å². The molecule has 0 aromatic heterocycles. The molecule has 1 aliphatic heterocycles. The van der Waals surface area contributed by atoms with Crippen molar-refractivity contribution in [2.45, 2.75) is 38.5 Å². The van der Waals surface area contributed by atoms with Gasteiger partial charge in [0, 0.05) is 18.8 Å². The van der Waals surface area contributed by atoms with E-state index in [0.717, 1.165) is 36.9 Å². The average molecular weight is 298 g/mol. The van der Waals surface area contributed by atoms with Gasteiger partial charge in [0.1, 0.15) is 0 Å². The van der Waals surface area contributed by atoms with Gasteiger partial charge in [0.2, 0.25) is 0 Å². The molecule has 0 bridgehead atoms. The third kappa shape index (κ3) is 3.21. The topological polar surface area (TPSA) is 49.4 Å². The highest BCUT2D eigenvalue weighted by atomic mass is 16.2. The quantitative estimate of drug-likeness (QED) is 0.689. The van der Waals surface area contributed by atoms with Crippen molar-refractivity contribution in [2.75, 3.05) is 18.0 Å². The zero-order chi connectivity index (χ0) is 15.4. The molecule has 4 heteroatoms. The van der Waals surface area contributed by atoms with E-state index in [-0.39, 0.29) is 0 Å². The van der Waals surface area contributed by atoms with Crippen LogP contribution < -0.4 is 10.2 Å². The summed E-state index contributed by atoms with van der Waals surface area (Å²) < 4.78 is 0. The van der Waals surface area contributed by atoms with Crippen LogP contribution in [0, 0.1) is 0 Å².